The van der Waals surface area contributed by atoms with Gasteiger partial charge in [-0.25, -0.2) is 0 Å². The van der Waals surface area contributed by atoms with Crippen molar-refractivity contribution < 1.29 is 14.4 Å². The number of nitrogens with one attached hydrogen (secondary N) is 1. The van der Waals surface area contributed by atoms with Crippen LogP contribution in [0.2, 0.25) is 0 Å². The van der Waals surface area contributed by atoms with Crippen molar-refractivity contribution in [3.63, 3.8) is 0 Å². The highest BCUT2D eigenvalue weighted by molar-refractivity contribution is 7.17. The summed E-state index contributed by atoms with van der Waals surface area (Å²) in [7, 11) is 0. The van der Waals surface area contributed by atoms with E-state index in [9.17, 15) is 5.11 Å². The number of benzene rings is 2. The van der Waals surface area contributed by atoms with Crippen LogP contribution in [0.25, 0.3) is 21.5 Å². The normalized spacial score (nSPS) is 16.8. The van der Waals surface area contributed by atoms with E-state index in [0.717, 1.165) is 34.4 Å². The summed E-state index contributed by atoms with van der Waals surface area (Å²) in [6.07, 6.45) is 1.58. The summed E-state index contributed by atoms with van der Waals surface area (Å²) < 4.78 is 12.2. The average molecular weight is 407 g/mol. The molecular formula is C23H22N2O3S. The van der Waals surface area contributed by atoms with Crippen LogP contribution in [0.5, 0.6) is 5.75 Å². The highest BCUT2D eigenvalue weighted by Crippen LogP contribution is 2.33. The molecule has 5 rings (SSSR count). The van der Waals surface area contributed by atoms with Crippen molar-refractivity contribution in [1.82, 2.24) is 10.5 Å². The zero-order chi connectivity index (χ0) is 19.6. The van der Waals surface area contributed by atoms with E-state index in [1.165, 1.54) is 11.1 Å². The fourth-order valence-electron chi connectivity index (χ4n) is 3.89. The average Bonchev–Trinajstić information content (AvgIpc) is 3.46. The lowest BCUT2D eigenvalue weighted by molar-refractivity contribution is 0.103. The monoisotopic (exact) mass is 406 g/mol. The predicted molar refractivity (Wildman–Crippen MR) is 114 cm³/mol. The zero-order valence-corrected chi connectivity index (χ0v) is 16.7. The van der Waals surface area contributed by atoms with Gasteiger partial charge in [-0.3, -0.25) is 0 Å². The third-order valence-electron chi connectivity index (χ3n) is 5.36. The molecule has 1 aliphatic carbocycles. The molecule has 0 fully saturated rings. The second-order valence-corrected chi connectivity index (χ2v) is 8.25. The molecule has 5 nitrogen and oxygen atoms in total. The number of fused-ring (bicyclic) bond motifs is 2. The molecule has 29 heavy (non-hydrogen) atoms. The van der Waals surface area contributed by atoms with Crippen LogP contribution in [0.4, 0.5) is 0 Å². The van der Waals surface area contributed by atoms with E-state index in [1.807, 2.05) is 35.7 Å². The van der Waals surface area contributed by atoms with E-state index in [1.54, 1.807) is 11.3 Å². The number of rotatable bonds is 7. The van der Waals surface area contributed by atoms with Gasteiger partial charge in [-0.2, -0.15) is 0 Å². The molecule has 2 unspecified atom stereocenters. The molecule has 0 amide bonds. The first-order chi connectivity index (χ1) is 14.3. The van der Waals surface area contributed by atoms with Gasteiger partial charge >= 0.3 is 0 Å². The third kappa shape index (κ3) is 3.79. The minimum atomic E-state index is -0.581. The first-order valence-electron chi connectivity index (χ1n) is 9.83. The number of hydrogen-bond acceptors (Lipinski definition) is 6. The molecule has 0 aliphatic heterocycles. The number of ether oxygens (including phenoxy) is 1. The Morgan fingerprint density at radius 2 is 2.14 bits per heavy atom. The molecule has 148 valence electrons. The summed E-state index contributed by atoms with van der Waals surface area (Å²) in [6, 6.07) is 18.5. The maximum atomic E-state index is 10.4. The molecule has 0 bridgehead atoms. The van der Waals surface area contributed by atoms with Crippen LogP contribution < -0.4 is 10.1 Å². The number of thiophene rings is 1. The van der Waals surface area contributed by atoms with E-state index in [-0.39, 0.29) is 6.61 Å². The first kappa shape index (κ1) is 18.4. The van der Waals surface area contributed by atoms with Gasteiger partial charge in [0, 0.05) is 18.2 Å². The lowest BCUT2D eigenvalue weighted by Crippen LogP contribution is -2.33. The Balaban J connectivity index is 1.18. The molecule has 2 atom stereocenters. The first-order valence-corrected chi connectivity index (χ1v) is 10.7. The molecule has 4 aromatic rings. The van der Waals surface area contributed by atoms with Crippen molar-refractivity contribution >= 4 is 21.6 Å². The molecule has 0 saturated carbocycles. The standard InChI is InChI=1S/C23H22N2O3S/c26-17(13-24-20-9-8-15-4-1-2-7-19(15)20)14-27-18-6-3-5-16(12-18)22-23-21(28-25-22)10-11-29-23/h1-7,10-12,17,20,24,26H,8-9,13-14H2. The van der Waals surface area contributed by atoms with Crippen molar-refractivity contribution in [2.45, 2.75) is 25.0 Å². The lowest BCUT2D eigenvalue weighted by atomic mass is 10.1. The summed E-state index contributed by atoms with van der Waals surface area (Å²) in [4.78, 5) is 0. The van der Waals surface area contributed by atoms with Crippen LogP contribution >= 0.6 is 11.3 Å². The minimum Gasteiger partial charge on any atom is -0.491 e. The molecule has 6 heteroatoms. The second-order valence-electron chi connectivity index (χ2n) is 7.34. The van der Waals surface area contributed by atoms with Gasteiger partial charge in [-0.15, -0.1) is 11.3 Å². The van der Waals surface area contributed by atoms with Gasteiger partial charge in [-0.05, 0) is 47.5 Å². The Hall–Kier alpha value is -2.67. The summed E-state index contributed by atoms with van der Waals surface area (Å²) in [5, 5.41) is 20.0. The van der Waals surface area contributed by atoms with Crippen molar-refractivity contribution in [1.29, 1.82) is 0 Å². The van der Waals surface area contributed by atoms with Crippen LogP contribution in [0.3, 0.4) is 0 Å². The Labute approximate surface area is 172 Å². The van der Waals surface area contributed by atoms with E-state index in [0.29, 0.717) is 18.3 Å². The summed E-state index contributed by atoms with van der Waals surface area (Å²) in [5.41, 5.74) is 5.31. The fraction of sp³-hybridized carbons (Fsp3) is 0.261. The van der Waals surface area contributed by atoms with Crippen LogP contribution in [-0.2, 0) is 6.42 Å². The maximum Gasteiger partial charge on any atom is 0.178 e. The van der Waals surface area contributed by atoms with Crippen LogP contribution in [-0.4, -0.2) is 29.5 Å². The molecular weight excluding hydrogens is 384 g/mol. The quantitative estimate of drug-likeness (QED) is 0.470. The van der Waals surface area contributed by atoms with E-state index in [2.05, 4.69) is 34.7 Å². The van der Waals surface area contributed by atoms with Gasteiger partial charge < -0.3 is 19.7 Å². The fourth-order valence-corrected chi connectivity index (χ4v) is 4.71. The molecule has 0 radical (unpaired) electrons. The summed E-state index contributed by atoms with van der Waals surface area (Å²) in [5.74, 6) is 0.709. The summed E-state index contributed by atoms with van der Waals surface area (Å²) >= 11 is 1.61. The molecule has 2 heterocycles. The Morgan fingerprint density at radius 1 is 1.21 bits per heavy atom. The Kier molecular flexibility index (Phi) is 5.06. The molecule has 0 spiro atoms. The molecule has 1 aliphatic rings. The van der Waals surface area contributed by atoms with Crippen LogP contribution in [0.1, 0.15) is 23.6 Å². The molecule has 0 saturated heterocycles. The van der Waals surface area contributed by atoms with Crippen molar-refractivity contribution in [3.8, 4) is 17.0 Å². The zero-order valence-electron chi connectivity index (χ0n) is 15.9. The van der Waals surface area contributed by atoms with Crippen molar-refractivity contribution in [2.24, 2.45) is 0 Å². The summed E-state index contributed by atoms with van der Waals surface area (Å²) in [6.45, 7) is 0.732. The number of nitrogens with zero attached hydrogens (tertiary/aromatic N) is 1. The highest BCUT2D eigenvalue weighted by Gasteiger charge is 2.22. The second kappa shape index (κ2) is 7.99. The number of aliphatic hydroxyl groups excluding tert-OH is 1. The lowest BCUT2D eigenvalue weighted by Gasteiger charge is -2.18. The number of aryl methyl sites for hydroxylation is 1. The Bertz CT molecular complexity index is 1120. The maximum absolute atomic E-state index is 10.4. The third-order valence-corrected chi connectivity index (χ3v) is 6.26. The number of aliphatic hydroxyl groups is 1. The van der Waals surface area contributed by atoms with Gasteiger partial charge in [0.2, 0.25) is 0 Å². The molecule has 2 aromatic carbocycles. The van der Waals surface area contributed by atoms with Gasteiger partial charge in [0.1, 0.15) is 28.9 Å². The molecule has 2 N–H and O–H groups in total. The van der Waals surface area contributed by atoms with Crippen LogP contribution in [0, 0.1) is 0 Å². The topological polar surface area (TPSA) is 67.5 Å². The smallest absolute Gasteiger partial charge is 0.178 e. The van der Waals surface area contributed by atoms with E-state index < -0.39 is 6.10 Å². The van der Waals surface area contributed by atoms with Crippen molar-refractivity contribution in [3.05, 3.63) is 71.1 Å². The molecule has 2 aromatic heterocycles. The highest BCUT2D eigenvalue weighted by atomic mass is 32.1. The Morgan fingerprint density at radius 3 is 3.10 bits per heavy atom. The number of aromatic nitrogens is 1. The van der Waals surface area contributed by atoms with Gasteiger partial charge in [0.05, 0.1) is 0 Å². The minimum absolute atomic E-state index is 0.234. The van der Waals surface area contributed by atoms with E-state index >= 15 is 0 Å². The number of hydrogen-bond donors (Lipinski definition) is 2. The van der Waals surface area contributed by atoms with Gasteiger partial charge in [0.15, 0.2) is 5.58 Å². The van der Waals surface area contributed by atoms with E-state index in [4.69, 9.17) is 9.26 Å². The largest absolute Gasteiger partial charge is 0.491 e. The SMILES string of the molecule is OC(CNC1CCc2ccccc21)COc1cccc(-c2noc3ccsc23)c1. The predicted octanol–water partition coefficient (Wildman–Crippen LogP) is 4.57. The van der Waals surface area contributed by atoms with Crippen molar-refractivity contribution in [2.75, 3.05) is 13.2 Å². The van der Waals surface area contributed by atoms with Gasteiger partial charge in [-0.1, -0.05) is 41.6 Å². The van der Waals surface area contributed by atoms with Gasteiger partial charge in [0.25, 0.3) is 0 Å². The van der Waals surface area contributed by atoms with Crippen LogP contribution in [0.15, 0.2) is 64.5 Å².